The zero-order valence-electron chi connectivity index (χ0n) is 14.5. The second-order valence-electron chi connectivity index (χ2n) is 6.27. The predicted molar refractivity (Wildman–Crippen MR) is 99.5 cm³/mol. The molecular formula is C19H18FN3O3S. The molecule has 6 nitrogen and oxygen atoms in total. The number of ether oxygens (including phenoxy) is 2. The lowest BCUT2D eigenvalue weighted by Crippen LogP contribution is -2.43. The number of halogens is 1. The van der Waals surface area contributed by atoms with Gasteiger partial charge in [-0.05, 0) is 30.3 Å². The molecule has 0 saturated carbocycles. The number of likely N-dealkylation sites (tertiary alicyclic amines) is 1. The number of aromatic nitrogens is 2. The highest BCUT2D eigenvalue weighted by atomic mass is 32.1. The van der Waals surface area contributed by atoms with Crippen molar-refractivity contribution in [2.75, 3.05) is 19.7 Å². The van der Waals surface area contributed by atoms with Crippen LogP contribution in [-0.4, -0.2) is 46.6 Å². The number of fused-ring (bicyclic) bond motifs is 1. The number of amides is 1. The molecule has 140 valence electrons. The third-order valence-corrected chi connectivity index (χ3v) is 5.30. The molecule has 3 heterocycles. The molecule has 1 aliphatic heterocycles. The van der Waals surface area contributed by atoms with Crippen LogP contribution in [0.1, 0.15) is 12.8 Å². The van der Waals surface area contributed by atoms with Crippen molar-refractivity contribution < 1.29 is 18.7 Å². The van der Waals surface area contributed by atoms with E-state index < -0.39 is 0 Å². The van der Waals surface area contributed by atoms with Crippen LogP contribution in [0.4, 0.5) is 4.39 Å². The number of carbonyl (C=O) groups is 1. The second-order valence-corrected chi connectivity index (χ2v) is 7.26. The van der Waals surface area contributed by atoms with E-state index in [1.165, 1.54) is 23.5 Å². The second kappa shape index (κ2) is 7.87. The van der Waals surface area contributed by atoms with E-state index in [2.05, 4.69) is 9.97 Å². The van der Waals surface area contributed by atoms with Gasteiger partial charge in [-0.3, -0.25) is 9.78 Å². The standard InChI is InChI=1S/C19H18FN3O3S/c20-13-3-4-16-17(10-13)27-19(22-16)26-14-5-8-23(9-6-14)18(24)12-25-15-2-1-7-21-11-15/h1-4,7,10-11,14H,5-6,8-9,12H2. The van der Waals surface area contributed by atoms with Gasteiger partial charge in [0.2, 0.25) is 0 Å². The minimum atomic E-state index is -0.280. The van der Waals surface area contributed by atoms with Gasteiger partial charge in [-0.15, -0.1) is 0 Å². The summed E-state index contributed by atoms with van der Waals surface area (Å²) in [5.74, 6) is 0.252. The summed E-state index contributed by atoms with van der Waals surface area (Å²) in [7, 11) is 0. The molecule has 0 unspecified atom stereocenters. The van der Waals surface area contributed by atoms with Gasteiger partial charge >= 0.3 is 0 Å². The van der Waals surface area contributed by atoms with Gasteiger partial charge in [0.15, 0.2) is 6.61 Å². The SMILES string of the molecule is O=C(COc1cccnc1)N1CCC(Oc2nc3ccc(F)cc3s2)CC1. The number of benzene rings is 1. The van der Waals surface area contributed by atoms with Crippen molar-refractivity contribution in [2.45, 2.75) is 18.9 Å². The topological polar surface area (TPSA) is 64.5 Å². The molecular weight excluding hydrogens is 369 g/mol. The number of thiazole rings is 1. The zero-order valence-corrected chi connectivity index (χ0v) is 15.3. The Balaban J connectivity index is 1.27. The molecule has 8 heteroatoms. The van der Waals surface area contributed by atoms with Crippen molar-refractivity contribution in [2.24, 2.45) is 0 Å². The van der Waals surface area contributed by atoms with Gasteiger partial charge in [0.25, 0.3) is 11.1 Å². The monoisotopic (exact) mass is 387 g/mol. The van der Waals surface area contributed by atoms with Crippen LogP contribution in [0.15, 0.2) is 42.7 Å². The predicted octanol–water partition coefficient (Wildman–Crippen LogP) is 3.28. The first-order valence-electron chi connectivity index (χ1n) is 8.71. The summed E-state index contributed by atoms with van der Waals surface area (Å²) in [4.78, 5) is 22.4. The highest BCUT2D eigenvalue weighted by Crippen LogP contribution is 2.30. The Morgan fingerprint density at radius 3 is 2.93 bits per heavy atom. The number of hydrogen-bond acceptors (Lipinski definition) is 6. The van der Waals surface area contributed by atoms with Crippen molar-refractivity contribution in [3.8, 4) is 10.9 Å². The minimum Gasteiger partial charge on any atom is -0.482 e. The molecule has 1 amide bonds. The summed E-state index contributed by atoms with van der Waals surface area (Å²) < 4.78 is 25.5. The number of pyridine rings is 1. The normalized spacial score (nSPS) is 15.1. The molecule has 0 radical (unpaired) electrons. The third-order valence-electron chi connectivity index (χ3n) is 4.39. The number of rotatable bonds is 5. The summed E-state index contributed by atoms with van der Waals surface area (Å²) in [6, 6.07) is 8.04. The highest BCUT2D eigenvalue weighted by molar-refractivity contribution is 7.20. The van der Waals surface area contributed by atoms with Crippen LogP contribution >= 0.6 is 11.3 Å². The van der Waals surface area contributed by atoms with Gasteiger partial charge in [0, 0.05) is 32.1 Å². The fraction of sp³-hybridized carbons (Fsp3) is 0.316. The van der Waals surface area contributed by atoms with E-state index >= 15 is 0 Å². The lowest BCUT2D eigenvalue weighted by molar-refractivity contribution is -0.135. The van der Waals surface area contributed by atoms with E-state index in [1.807, 2.05) is 0 Å². The van der Waals surface area contributed by atoms with E-state index in [-0.39, 0.29) is 24.4 Å². The number of piperidine rings is 1. The number of carbonyl (C=O) groups excluding carboxylic acids is 1. The van der Waals surface area contributed by atoms with Crippen molar-refractivity contribution >= 4 is 27.5 Å². The van der Waals surface area contributed by atoms with Crippen molar-refractivity contribution in [3.63, 3.8) is 0 Å². The van der Waals surface area contributed by atoms with E-state index in [0.717, 1.165) is 23.1 Å². The van der Waals surface area contributed by atoms with Crippen LogP contribution in [0, 0.1) is 5.82 Å². The van der Waals surface area contributed by atoms with Crippen LogP contribution in [0.2, 0.25) is 0 Å². The molecule has 0 aliphatic carbocycles. The molecule has 3 aromatic rings. The molecule has 1 aliphatic rings. The van der Waals surface area contributed by atoms with Crippen molar-refractivity contribution in [1.29, 1.82) is 0 Å². The number of nitrogens with zero attached hydrogens (tertiary/aromatic N) is 3. The zero-order chi connectivity index (χ0) is 18.6. The first-order chi connectivity index (χ1) is 13.2. The van der Waals surface area contributed by atoms with Gasteiger partial charge in [0.05, 0.1) is 16.4 Å². The van der Waals surface area contributed by atoms with Crippen LogP contribution < -0.4 is 9.47 Å². The fourth-order valence-electron chi connectivity index (χ4n) is 2.96. The minimum absolute atomic E-state index is 0.000646. The molecule has 0 spiro atoms. The van der Waals surface area contributed by atoms with Gasteiger partial charge in [0.1, 0.15) is 17.7 Å². The Morgan fingerprint density at radius 1 is 1.30 bits per heavy atom. The Labute approximate surface area is 159 Å². The molecule has 1 saturated heterocycles. The average molecular weight is 387 g/mol. The summed E-state index contributed by atoms with van der Waals surface area (Å²) in [5.41, 5.74) is 0.733. The molecule has 4 rings (SSSR count). The first-order valence-corrected chi connectivity index (χ1v) is 9.52. The maximum Gasteiger partial charge on any atom is 0.274 e. The maximum atomic E-state index is 13.3. The van der Waals surface area contributed by atoms with E-state index in [1.54, 1.807) is 35.5 Å². The van der Waals surface area contributed by atoms with Gasteiger partial charge < -0.3 is 14.4 Å². The van der Waals surface area contributed by atoms with E-state index in [9.17, 15) is 9.18 Å². The smallest absolute Gasteiger partial charge is 0.274 e. The Hall–Kier alpha value is -2.74. The lowest BCUT2D eigenvalue weighted by Gasteiger charge is -2.31. The molecule has 0 bridgehead atoms. The molecule has 0 atom stereocenters. The van der Waals surface area contributed by atoms with Gasteiger partial charge in [-0.1, -0.05) is 11.3 Å². The third kappa shape index (κ3) is 4.33. The lowest BCUT2D eigenvalue weighted by atomic mass is 10.1. The summed E-state index contributed by atoms with van der Waals surface area (Å²) >= 11 is 1.34. The first kappa shape index (κ1) is 17.7. The van der Waals surface area contributed by atoms with Crippen LogP contribution in [0.5, 0.6) is 10.9 Å². The van der Waals surface area contributed by atoms with E-state index in [0.29, 0.717) is 24.0 Å². The quantitative estimate of drug-likeness (QED) is 0.672. The molecule has 0 N–H and O–H groups in total. The largest absolute Gasteiger partial charge is 0.482 e. The Kier molecular flexibility index (Phi) is 5.15. The van der Waals surface area contributed by atoms with E-state index in [4.69, 9.17) is 9.47 Å². The van der Waals surface area contributed by atoms with Crippen LogP contribution in [-0.2, 0) is 4.79 Å². The highest BCUT2D eigenvalue weighted by Gasteiger charge is 2.25. The average Bonchev–Trinajstić information content (AvgIpc) is 3.09. The van der Waals surface area contributed by atoms with Crippen LogP contribution in [0.25, 0.3) is 10.2 Å². The molecule has 1 fully saturated rings. The van der Waals surface area contributed by atoms with Crippen molar-refractivity contribution in [3.05, 3.63) is 48.5 Å². The van der Waals surface area contributed by atoms with Crippen molar-refractivity contribution in [1.82, 2.24) is 14.9 Å². The number of hydrogen-bond donors (Lipinski definition) is 0. The Morgan fingerprint density at radius 2 is 2.15 bits per heavy atom. The molecule has 27 heavy (non-hydrogen) atoms. The van der Waals surface area contributed by atoms with Crippen LogP contribution in [0.3, 0.4) is 0 Å². The fourth-order valence-corrected chi connectivity index (χ4v) is 3.87. The van der Waals surface area contributed by atoms with Gasteiger partial charge in [-0.2, -0.15) is 0 Å². The molecule has 2 aromatic heterocycles. The molecule has 1 aromatic carbocycles. The summed E-state index contributed by atoms with van der Waals surface area (Å²) in [6.07, 6.45) is 4.68. The Bertz CT molecular complexity index is 926. The summed E-state index contributed by atoms with van der Waals surface area (Å²) in [5, 5.41) is 0.542. The summed E-state index contributed by atoms with van der Waals surface area (Å²) in [6.45, 7) is 1.22. The maximum absolute atomic E-state index is 13.3. The van der Waals surface area contributed by atoms with Gasteiger partial charge in [-0.25, -0.2) is 9.37 Å².